The summed E-state index contributed by atoms with van der Waals surface area (Å²) in [6.45, 7) is 0. The fraction of sp³-hybridized carbons (Fsp3) is 0.0435. The molecule has 0 fully saturated rings. The molecule has 0 amide bonds. The minimum Gasteiger partial charge on any atom is -0.410 e. The summed E-state index contributed by atoms with van der Waals surface area (Å²) in [5, 5.41) is 13.0. The van der Waals surface area contributed by atoms with Gasteiger partial charge in [-0.05, 0) is 22.3 Å². The molecule has 1 aliphatic carbocycles. The maximum absolute atomic E-state index is 13.2. The third-order valence-electron chi connectivity index (χ3n) is 4.67. The quantitative estimate of drug-likeness (QED) is 0.551. The highest BCUT2D eigenvalue weighted by Gasteiger charge is 2.41. The van der Waals surface area contributed by atoms with Gasteiger partial charge in [-0.3, -0.25) is 4.79 Å². The molecular weight excluding hydrogens is 322 g/mol. The normalized spacial score (nSPS) is 18.5. The van der Waals surface area contributed by atoms with Crippen molar-refractivity contribution in [2.75, 3.05) is 0 Å². The zero-order chi connectivity index (χ0) is 17.9. The Balaban J connectivity index is 2.04. The molecule has 0 bridgehead atoms. The Morgan fingerprint density at radius 3 is 1.73 bits per heavy atom. The number of Topliss-reactive ketones (excluding diaryl/α,β-unsaturated/α-hetero) is 1. The van der Waals surface area contributed by atoms with Crippen molar-refractivity contribution in [3.63, 3.8) is 0 Å². The summed E-state index contributed by atoms with van der Waals surface area (Å²) >= 11 is 0. The van der Waals surface area contributed by atoms with Crippen LogP contribution in [0.2, 0.25) is 0 Å². The van der Waals surface area contributed by atoms with Crippen molar-refractivity contribution >= 4 is 22.6 Å². The van der Waals surface area contributed by atoms with E-state index in [-0.39, 0.29) is 11.5 Å². The lowest BCUT2D eigenvalue weighted by Gasteiger charge is -2.15. The molecule has 0 heterocycles. The lowest BCUT2D eigenvalue weighted by Crippen LogP contribution is -2.16. The van der Waals surface area contributed by atoms with Gasteiger partial charge in [0.25, 0.3) is 0 Å². The molecule has 3 nitrogen and oxygen atoms in total. The Morgan fingerprint density at radius 2 is 1.19 bits per heavy atom. The Kier molecular flexibility index (Phi) is 4.20. The highest BCUT2D eigenvalue weighted by Crippen LogP contribution is 2.45. The van der Waals surface area contributed by atoms with Crippen LogP contribution in [-0.4, -0.2) is 16.7 Å². The standard InChI is InChI=1S/C23H17NO2/c25-23-21(18-14-8-3-9-15-18)19(16-10-4-1-5-11-16)20(22(23)24-26)17-12-6-2-7-13-17/h1-15,21,26H. The summed E-state index contributed by atoms with van der Waals surface area (Å²) in [6, 6.07) is 29.1. The first-order chi connectivity index (χ1) is 12.8. The fourth-order valence-electron chi connectivity index (χ4n) is 3.55. The highest BCUT2D eigenvalue weighted by molar-refractivity contribution is 6.65. The van der Waals surface area contributed by atoms with Crippen LogP contribution in [0.25, 0.3) is 11.1 Å². The summed E-state index contributed by atoms with van der Waals surface area (Å²) < 4.78 is 0. The van der Waals surface area contributed by atoms with Gasteiger partial charge in [-0.1, -0.05) is 96.2 Å². The number of nitrogens with zero attached hydrogens (tertiary/aromatic N) is 1. The molecule has 3 heteroatoms. The predicted molar refractivity (Wildman–Crippen MR) is 103 cm³/mol. The van der Waals surface area contributed by atoms with Crippen molar-refractivity contribution in [3.8, 4) is 0 Å². The van der Waals surface area contributed by atoms with Crippen LogP contribution in [0, 0.1) is 0 Å². The molecular formula is C23H17NO2. The van der Waals surface area contributed by atoms with E-state index < -0.39 is 5.92 Å². The van der Waals surface area contributed by atoms with E-state index >= 15 is 0 Å². The number of oxime groups is 1. The largest absolute Gasteiger partial charge is 0.410 e. The van der Waals surface area contributed by atoms with E-state index in [0.717, 1.165) is 22.3 Å². The molecule has 3 aromatic rings. The van der Waals surface area contributed by atoms with Crippen molar-refractivity contribution in [3.05, 3.63) is 108 Å². The smallest absolute Gasteiger partial charge is 0.197 e. The van der Waals surface area contributed by atoms with Gasteiger partial charge in [0.15, 0.2) is 11.5 Å². The van der Waals surface area contributed by atoms with Crippen LogP contribution in [0.4, 0.5) is 0 Å². The van der Waals surface area contributed by atoms with E-state index in [9.17, 15) is 10.0 Å². The molecule has 0 aliphatic heterocycles. The number of carbonyl (C=O) groups excluding carboxylic acids is 1. The van der Waals surface area contributed by atoms with Gasteiger partial charge in [0.2, 0.25) is 0 Å². The molecule has 0 saturated heterocycles. The van der Waals surface area contributed by atoms with Crippen LogP contribution in [0.5, 0.6) is 0 Å². The minimum absolute atomic E-state index is 0.115. The van der Waals surface area contributed by atoms with Crippen LogP contribution in [0.1, 0.15) is 22.6 Å². The van der Waals surface area contributed by atoms with Crippen LogP contribution in [0.15, 0.2) is 96.2 Å². The first-order valence-corrected chi connectivity index (χ1v) is 8.48. The predicted octanol–water partition coefficient (Wildman–Crippen LogP) is 4.79. The van der Waals surface area contributed by atoms with E-state index in [1.54, 1.807) is 0 Å². The topological polar surface area (TPSA) is 49.7 Å². The van der Waals surface area contributed by atoms with Crippen molar-refractivity contribution in [1.82, 2.24) is 0 Å². The molecule has 4 rings (SSSR count). The van der Waals surface area contributed by atoms with Crippen LogP contribution in [-0.2, 0) is 4.79 Å². The zero-order valence-electron chi connectivity index (χ0n) is 14.0. The van der Waals surface area contributed by atoms with Crippen LogP contribution in [0.3, 0.4) is 0 Å². The van der Waals surface area contributed by atoms with Gasteiger partial charge in [-0.2, -0.15) is 0 Å². The van der Waals surface area contributed by atoms with Gasteiger partial charge in [0, 0.05) is 5.57 Å². The van der Waals surface area contributed by atoms with Gasteiger partial charge in [0.05, 0.1) is 5.92 Å². The molecule has 0 radical (unpaired) electrons. The van der Waals surface area contributed by atoms with Gasteiger partial charge in [0.1, 0.15) is 0 Å². The van der Waals surface area contributed by atoms with E-state index in [1.165, 1.54) is 0 Å². The Labute approximate surface area is 151 Å². The summed E-state index contributed by atoms with van der Waals surface area (Å²) in [5.41, 5.74) is 4.39. The van der Waals surface area contributed by atoms with Gasteiger partial charge < -0.3 is 5.21 Å². The number of benzene rings is 3. The first-order valence-electron chi connectivity index (χ1n) is 8.48. The molecule has 26 heavy (non-hydrogen) atoms. The van der Waals surface area contributed by atoms with Gasteiger partial charge in [-0.15, -0.1) is 0 Å². The van der Waals surface area contributed by atoms with Crippen LogP contribution >= 0.6 is 0 Å². The van der Waals surface area contributed by atoms with Gasteiger partial charge in [-0.25, -0.2) is 0 Å². The number of rotatable bonds is 3. The lowest BCUT2D eigenvalue weighted by atomic mass is 9.86. The Hall–Kier alpha value is -3.46. The second kappa shape index (κ2) is 6.81. The molecule has 126 valence electrons. The zero-order valence-corrected chi connectivity index (χ0v) is 14.0. The van der Waals surface area contributed by atoms with E-state index in [0.29, 0.717) is 5.57 Å². The number of ketones is 1. The average molecular weight is 339 g/mol. The Morgan fingerprint density at radius 1 is 0.692 bits per heavy atom. The third-order valence-corrected chi connectivity index (χ3v) is 4.67. The summed E-state index contributed by atoms with van der Waals surface area (Å²) in [4.78, 5) is 13.2. The van der Waals surface area contributed by atoms with E-state index in [2.05, 4.69) is 5.16 Å². The summed E-state index contributed by atoms with van der Waals surface area (Å²) in [7, 11) is 0. The summed E-state index contributed by atoms with van der Waals surface area (Å²) in [6.07, 6.45) is 0. The number of allylic oxidation sites excluding steroid dienone is 2. The fourth-order valence-corrected chi connectivity index (χ4v) is 3.55. The van der Waals surface area contributed by atoms with Crippen molar-refractivity contribution in [1.29, 1.82) is 0 Å². The van der Waals surface area contributed by atoms with Crippen LogP contribution < -0.4 is 0 Å². The highest BCUT2D eigenvalue weighted by atomic mass is 16.4. The van der Waals surface area contributed by atoms with Gasteiger partial charge >= 0.3 is 0 Å². The summed E-state index contributed by atoms with van der Waals surface area (Å²) in [5.74, 6) is -0.670. The van der Waals surface area contributed by atoms with E-state index in [4.69, 9.17) is 0 Å². The molecule has 0 spiro atoms. The average Bonchev–Trinajstić information content (AvgIpc) is 3.02. The number of carbonyl (C=O) groups is 1. The molecule has 0 aromatic heterocycles. The molecule has 3 aromatic carbocycles. The SMILES string of the molecule is O=C1C(=NO)C(c2ccccc2)=C(c2ccccc2)C1c1ccccc1. The van der Waals surface area contributed by atoms with Crippen molar-refractivity contribution in [2.45, 2.75) is 5.92 Å². The Bertz CT molecular complexity index is 990. The first kappa shape index (κ1) is 16.0. The van der Waals surface area contributed by atoms with E-state index in [1.807, 2.05) is 91.0 Å². The lowest BCUT2D eigenvalue weighted by molar-refractivity contribution is -0.112. The second-order valence-corrected chi connectivity index (χ2v) is 6.18. The second-order valence-electron chi connectivity index (χ2n) is 6.18. The third kappa shape index (κ3) is 2.64. The van der Waals surface area contributed by atoms with Crippen molar-refractivity contribution in [2.24, 2.45) is 5.16 Å². The molecule has 0 saturated carbocycles. The number of hydrogen-bond donors (Lipinski definition) is 1. The maximum atomic E-state index is 13.2. The molecule has 1 N–H and O–H groups in total. The van der Waals surface area contributed by atoms with Crippen molar-refractivity contribution < 1.29 is 10.0 Å². The molecule has 1 aliphatic rings. The monoisotopic (exact) mass is 339 g/mol. The maximum Gasteiger partial charge on any atom is 0.197 e. The minimum atomic E-state index is -0.486. The molecule has 1 unspecified atom stereocenters. The molecule has 1 atom stereocenters. The number of hydrogen-bond acceptors (Lipinski definition) is 3.